The molecule has 0 aliphatic heterocycles. The van der Waals surface area contributed by atoms with Crippen molar-refractivity contribution >= 4 is 23.1 Å². The van der Waals surface area contributed by atoms with Crippen LogP contribution in [0.4, 0.5) is 11.4 Å². The SMILES string of the molecule is COCCNc1ccc(C(=O)O[C@H](C)C(=O)c2ccc3c(c2)CCC3)cc1[N+](=O)[O-]. The van der Waals surface area contributed by atoms with E-state index in [0.717, 1.165) is 30.9 Å². The minimum Gasteiger partial charge on any atom is -0.451 e. The number of fused-ring (bicyclic) bond motifs is 1. The van der Waals surface area contributed by atoms with Gasteiger partial charge in [0.25, 0.3) is 5.69 Å². The maximum absolute atomic E-state index is 12.7. The van der Waals surface area contributed by atoms with Crippen LogP contribution in [0.15, 0.2) is 36.4 Å². The first-order valence-corrected chi connectivity index (χ1v) is 9.79. The molecule has 1 N–H and O–H groups in total. The Morgan fingerprint density at radius 3 is 2.60 bits per heavy atom. The summed E-state index contributed by atoms with van der Waals surface area (Å²) in [6, 6.07) is 9.57. The second-order valence-corrected chi connectivity index (χ2v) is 7.16. The zero-order valence-corrected chi connectivity index (χ0v) is 17.0. The first-order valence-electron chi connectivity index (χ1n) is 9.79. The number of nitrogens with one attached hydrogen (secondary N) is 1. The van der Waals surface area contributed by atoms with Crippen LogP contribution < -0.4 is 5.32 Å². The Kier molecular flexibility index (Phi) is 6.79. The van der Waals surface area contributed by atoms with E-state index in [1.807, 2.05) is 12.1 Å². The Morgan fingerprint density at radius 1 is 1.13 bits per heavy atom. The summed E-state index contributed by atoms with van der Waals surface area (Å²) in [7, 11) is 1.53. The normalized spacial score (nSPS) is 13.4. The van der Waals surface area contributed by atoms with Crippen LogP contribution in [0, 0.1) is 10.1 Å². The van der Waals surface area contributed by atoms with Gasteiger partial charge in [0, 0.05) is 25.3 Å². The third kappa shape index (κ3) is 4.83. The highest BCUT2D eigenvalue weighted by molar-refractivity contribution is 6.01. The predicted molar refractivity (Wildman–Crippen MR) is 111 cm³/mol. The number of carbonyl (C=O) groups excluding carboxylic acids is 2. The van der Waals surface area contributed by atoms with Crippen LogP contribution in [0.3, 0.4) is 0 Å². The topological polar surface area (TPSA) is 108 Å². The summed E-state index contributed by atoms with van der Waals surface area (Å²) in [5.41, 5.74) is 2.94. The van der Waals surface area contributed by atoms with Gasteiger partial charge in [-0.25, -0.2) is 4.79 Å². The molecule has 2 aromatic rings. The highest BCUT2D eigenvalue weighted by Gasteiger charge is 2.24. The summed E-state index contributed by atoms with van der Waals surface area (Å²) in [6.07, 6.45) is 2.03. The largest absolute Gasteiger partial charge is 0.451 e. The number of nitrogens with zero attached hydrogens (tertiary/aromatic N) is 1. The first kappa shape index (κ1) is 21.4. The molecule has 8 nitrogen and oxygen atoms in total. The van der Waals surface area contributed by atoms with E-state index in [1.165, 1.54) is 31.7 Å². The molecule has 0 unspecified atom stereocenters. The Bertz CT molecular complexity index is 972. The van der Waals surface area contributed by atoms with Gasteiger partial charge in [-0.2, -0.15) is 0 Å². The minimum atomic E-state index is -1.00. The average molecular weight is 412 g/mol. The van der Waals surface area contributed by atoms with Gasteiger partial charge in [0.2, 0.25) is 5.78 Å². The molecular weight excluding hydrogens is 388 g/mol. The van der Waals surface area contributed by atoms with Crippen molar-refractivity contribution in [2.75, 3.05) is 25.6 Å². The molecular formula is C22H24N2O6. The van der Waals surface area contributed by atoms with E-state index < -0.39 is 17.0 Å². The van der Waals surface area contributed by atoms with Crippen LogP contribution in [0.25, 0.3) is 0 Å². The summed E-state index contributed by atoms with van der Waals surface area (Å²) in [6.45, 7) is 2.26. The van der Waals surface area contributed by atoms with E-state index in [9.17, 15) is 19.7 Å². The number of anilines is 1. The fourth-order valence-corrected chi connectivity index (χ4v) is 3.49. The van der Waals surface area contributed by atoms with Gasteiger partial charge in [-0.3, -0.25) is 14.9 Å². The number of benzene rings is 2. The maximum atomic E-state index is 12.7. The van der Waals surface area contributed by atoms with Gasteiger partial charge in [-0.05, 0) is 55.5 Å². The molecule has 0 spiro atoms. The smallest absolute Gasteiger partial charge is 0.339 e. The van der Waals surface area contributed by atoms with Crippen molar-refractivity contribution in [1.29, 1.82) is 0 Å². The molecule has 3 rings (SSSR count). The van der Waals surface area contributed by atoms with Gasteiger partial charge in [0.15, 0.2) is 6.10 Å². The quantitative estimate of drug-likeness (QED) is 0.220. The summed E-state index contributed by atoms with van der Waals surface area (Å²) in [5.74, 6) is -1.09. The summed E-state index contributed by atoms with van der Waals surface area (Å²) >= 11 is 0. The Labute approximate surface area is 174 Å². The predicted octanol–water partition coefficient (Wildman–Crippen LogP) is 3.57. The summed E-state index contributed by atoms with van der Waals surface area (Å²) in [5, 5.41) is 14.3. The minimum absolute atomic E-state index is 0.00703. The second kappa shape index (κ2) is 9.49. The van der Waals surface area contributed by atoms with Crippen LogP contribution in [0.1, 0.15) is 45.2 Å². The average Bonchev–Trinajstić information content (AvgIpc) is 3.21. The van der Waals surface area contributed by atoms with E-state index >= 15 is 0 Å². The van der Waals surface area contributed by atoms with Gasteiger partial charge < -0.3 is 14.8 Å². The fraction of sp³-hybridized carbons (Fsp3) is 0.364. The van der Waals surface area contributed by atoms with Crippen molar-refractivity contribution < 1.29 is 24.0 Å². The number of methoxy groups -OCH3 is 1. The molecule has 0 aromatic heterocycles. The molecule has 0 saturated carbocycles. The van der Waals surface area contributed by atoms with E-state index in [2.05, 4.69) is 5.32 Å². The Morgan fingerprint density at radius 2 is 1.87 bits per heavy atom. The molecule has 0 amide bonds. The van der Waals surface area contributed by atoms with Gasteiger partial charge in [0.1, 0.15) is 5.69 Å². The van der Waals surface area contributed by atoms with Crippen LogP contribution in [-0.2, 0) is 22.3 Å². The molecule has 1 aliphatic rings. The number of Topliss-reactive ketones (excluding diaryl/α,β-unsaturated/α-hetero) is 1. The number of rotatable bonds is 9. The van der Waals surface area contributed by atoms with Crippen molar-refractivity contribution in [3.63, 3.8) is 0 Å². The number of aryl methyl sites for hydroxylation is 2. The molecule has 1 atom stereocenters. The molecule has 158 valence electrons. The molecule has 0 fully saturated rings. The molecule has 0 saturated heterocycles. The third-order valence-electron chi connectivity index (χ3n) is 5.09. The van der Waals surface area contributed by atoms with Crippen LogP contribution in [0.5, 0.6) is 0 Å². The molecule has 8 heteroatoms. The van der Waals surface area contributed by atoms with Gasteiger partial charge >= 0.3 is 5.97 Å². The van der Waals surface area contributed by atoms with Crippen molar-refractivity contribution in [1.82, 2.24) is 0 Å². The lowest BCUT2D eigenvalue weighted by molar-refractivity contribution is -0.384. The zero-order chi connectivity index (χ0) is 21.7. The highest BCUT2D eigenvalue weighted by atomic mass is 16.6. The number of ether oxygens (including phenoxy) is 2. The number of nitro groups is 1. The number of hydrogen-bond acceptors (Lipinski definition) is 7. The third-order valence-corrected chi connectivity index (χ3v) is 5.09. The number of nitro benzene ring substituents is 1. The van der Waals surface area contributed by atoms with Gasteiger partial charge in [-0.1, -0.05) is 12.1 Å². The first-order chi connectivity index (χ1) is 14.4. The van der Waals surface area contributed by atoms with Crippen LogP contribution in [0.2, 0.25) is 0 Å². The maximum Gasteiger partial charge on any atom is 0.339 e. The highest BCUT2D eigenvalue weighted by Crippen LogP contribution is 2.27. The summed E-state index contributed by atoms with van der Waals surface area (Å²) < 4.78 is 10.2. The second-order valence-electron chi connectivity index (χ2n) is 7.16. The van der Waals surface area contributed by atoms with E-state index in [0.29, 0.717) is 18.7 Å². The van der Waals surface area contributed by atoms with E-state index in [1.54, 1.807) is 6.07 Å². The van der Waals surface area contributed by atoms with Gasteiger partial charge in [0.05, 0.1) is 17.1 Å². The molecule has 2 aromatic carbocycles. The number of esters is 1. The van der Waals surface area contributed by atoms with Crippen molar-refractivity contribution in [3.05, 3.63) is 68.8 Å². The fourth-order valence-electron chi connectivity index (χ4n) is 3.49. The standard InChI is InChI=1S/C22H24N2O6/c1-14(21(25)17-7-6-15-4-3-5-16(15)12-17)30-22(26)18-8-9-19(23-10-11-29-2)20(13-18)24(27)28/h6-9,12-14,23H,3-5,10-11H2,1-2H3/t14-/m1/s1. The number of carbonyl (C=O) groups is 2. The zero-order valence-electron chi connectivity index (χ0n) is 17.0. The van der Waals surface area contributed by atoms with Crippen LogP contribution >= 0.6 is 0 Å². The van der Waals surface area contributed by atoms with E-state index in [4.69, 9.17) is 9.47 Å². The van der Waals surface area contributed by atoms with Crippen molar-refractivity contribution in [2.45, 2.75) is 32.3 Å². The molecule has 0 heterocycles. The number of ketones is 1. The lowest BCUT2D eigenvalue weighted by Crippen LogP contribution is -2.24. The Hall–Kier alpha value is -3.26. The summed E-state index contributed by atoms with van der Waals surface area (Å²) in [4.78, 5) is 36.0. The molecule has 1 aliphatic carbocycles. The monoisotopic (exact) mass is 412 g/mol. The lowest BCUT2D eigenvalue weighted by atomic mass is 10.0. The lowest BCUT2D eigenvalue weighted by Gasteiger charge is -2.14. The van der Waals surface area contributed by atoms with Crippen molar-refractivity contribution in [2.24, 2.45) is 0 Å². The van der Waals surface area contributed by atoms with E-state index in [-0.39, 0.29) is 22.7 Å². The molecule has 0 bridgehead atoms. The van der Waals surface area contributed by atoms with Crippen molar-refractivity contribution in [3.8, 4) is 0 Å². The Balaban J connectivity index is 1.70. The molecule has 30 heavy (non-hydrogen) atoms. The van der Waals surface area contributed by atoms with Gasteiger partial charge in [-0.15, -0.1) is 0 Å². The number of hydrogen-bond donors (Lipinski definition) is 1. The molecule has 0 radical (unpaired) electrons. The van der Waals surface area contributed by atoms with Crippen LogP contribution in [-0.4, -0.2) is 43.0 Å².